The Hall–Kier alpha value is -0.160. The third kappa shape index (κ3) is 2.91. The molecule has 0 aromatic heterocycles. The topological polar surface area (TPSA) is 39.7 Å². The average Bonchev–Trinajstić information content (AvgIpc) is 2.78. The molecule has 0 amide bonds. The standard InChI is InChI=1S/C11H21NO3/c1-9-10(3-6-13-9)12-5-4-11(2)14-7-8-15-11/h9-10,12H,3-8H2,1-2H3. The van der Waals surface area contributed by atoms with E-state index in [0.717, 1.165) is 39.2 Å². The number of hydrogen-bond acceptors (Lipinski definition) is 4. The Morgan fingerprint density at radius 3 is 2.60 bits per heavy atom. The highest BCUT2D eigenvalue weighted by atomic mass is 16.7. The molecule has 2 fully saturated rings. The van der Waals surface area contributed by atoms with Gasteiger partial charge >= 0.3 is 0 Å². The van der Waals surface area contributed by atoms with Gasteiger partial charge in [-0.1, -0.05) is 0 Å². The Morgan fingerprint density at radius 2 is 2.00 bits per heavy atom. The predicted molar refractivity (Wildman–Crippen MR) is 56.7 cm³/mol. The second-order valence-electron chi connectivity index (χ2n) is 4.51. The quantitative estimate of drug-likeness (QED) is 0.756. The first-order chi connectivity index (χ1) is 7.20. The van der Waals surface area contributed by atoms with Crippen molar-refractivity contribution in [3.05, 3.63) is 0 Å². The number of ether oxygens (including phenoxy) is 3. The van der Waals surface area contributed by atoms with Gasteiger partial charge in [0.25, 0.3) is 0 Å². The highest BCUT2D eigenvalue weighted by molar-refractivity contribution is 4.80. The zero-order chi connectivity index (χ0) is 10.7. The molecule has 0 aromatic rings. The van der Waals surface area contributed by atoms with Crippen LogP contribution in [-0.4, -0.2) is 44.3 Å². The van der Waals surface area contributed by atoms with E-state index in [1.165, 1.54) is 0 Å². The van der Waals surface area contributed by atoms with E-state index in [4.69, 9.17) is 14.2 Å². The van der Waals surface area contributed by atoms with Crippen molar-refractivity contribution in [1.29, 1.82) is 0 Å². The van der Waals surface area contributed by atoms with Crippen molar-refractivity contribution in [2.45, 2.75) is 44.6 Å². The molecule has 1 N–H and O–H groups in total. The summed E-state index contributed by atoms with van der Waals surface area (Å²) < 4.78 is 16.6. The van der Waals surface area contributed by atoms with Gasteiger partial charge in [-0.3, -0.25) is 0 Å². The molecule has 2 aliphatic rings. The summed E-state index contributed by atoms with van der Waals surface area (Å²) >= 11 is 0. The van der Waals surface area contributed by atoms with Crippen LogP contribution in [0.2, 0.25) is 0 Å². The average molecular weight is 215 g/mol. The highest BCUT2D eigenvalue weighted by Gasteiger charge is 2.31. The first kappa shape index (κ1) is 11.3. The second kappa shape index (κ2) is 4.78. The molecule has 2 atom stereocenters. The summed E-state index contributed by atoms with van der Waals surface area (Å²) in [6, 6.07) is 0.495. The Labute approximate surface area is 91.3 Å². The maximum Gasteiger partial charge on any atom is 0.166 e. The van der Waals surface area contributed by atoms with Gasteiger partial charge in [-0.25, -0.2) is 0 Å². The van der Waals surface area contributed by atoms with Crippen LogP contribution in [0, 0.1) is 0 Å². The van der Waals surface area contributed by atoms with Crippen molar-refractivity contribution in [3.8, 4) is 0 Å². The minimum absolute atomic E-state index is 0.336. The molecule has 4 nitrogen and oxygen atoms in total. The number of nitrogens with one attached hydrogen (secondary N) is 1. The van der Waals surface area contributed by atoms with Crippen LogP contribution in [0.25, 0.3) is 0 Å². The van der Waals surface area contributed by atoms with Gasteiger partial charge in [0.05, 0.1) is 19.3 Å². The Balaban J connectivity index is 1.65. The van der Waals surface area contributed by atoms with Gasteiger partial charge in [-0.05, 0) is 20.3 Å². The largest absolute Gasteiger partial charge is 0.377 e. The third-order valence-corrected chi connectivity index (χ3v) is 3.26. The van der Waals surface area contributed by atoms with Crippen molar-refractivity contribution in [3.63, 3.8) is 0 Å². The predicted octanol–water partition coefficient (Wildman–Crippen LogP) is 0.906. The minimum Gasteiger partial charge on any atom is -0.377 e. The smallest absolute Gasteiger partial charge is 0.166 e. The maximum atomic E-state index is 5.54. The molecule has 0 saturated carbocycles. The normalized spacial score (nSPS) is 34.8. The monoisotopic (exact) mass is 215 g/mol. The zero-order valence-corrected chi connectivity index (χ0v) is 9.62. The lowest BCUT2D eigenvalue weighted by Gasteiger charge is -2.24. The van der Waals surface area contributed by atoms with Crippen LogP contribution < -0.4 is 5.32 Å². The molecule has 0 aromatic carbocycles. The molecule has 2 saturated heterocycles. The number of hydrogen-bond donors (Lipinski definition) is 1. The molecule has 15 heavy (non-hydrogen) atoms. The van der Waals surface area contributed by atoms with Gasteiger partial charge in [0.1, 0.15) is 0 Å². The van der Waals surface area contributed by atoms with E-state index < -0.39 is 0 Å². The first-order valence-electron chi connectivity index (χ1n) is 5.82. The highest BCUT2D eigenvalue weighted by Crippen LogP contribution is 2.22. The van der Waals surface area contributed by atoms with Crippen LogP contribution in [0.5, 0.6) is 0 Å². The molecular weight excluding hydrogens is 194 g/mol. The summed E-state index contributed by atoms with van der Waals surface area (Å²) in [6.07, 6.45) is 2.35. The van der Waals surface area contributed by atoms with E-state index in [2.05, 4.69) is 12.2 Å². The number of rotatable bonds is 4. The molecule has 2 heterocycles. The van der Waals surface area contributed by atoms with Crippen LogP contribution in [0.15, 0.2) is 0 Å². The van der Waals surface area contributed by atoms with E-state index in [-0.39, 0.29) is 5.79 Å². The molecule has 4 heteroatoms. The van der Waals surface area contributed by atoms with Crippen molar-refractivity contribution < 1.29 is 14.2 Å². The van der Waals surface area contributed by atoms with E-state index in [9.17, 15) is 0 Å². The summed E-state index contributed by atoms with van der Waals surface area (Å²) in [7, 11) is 0. The van der Waals surface area contributed by atoms with Crippen LogP contribution in [0.4, 0.5) is 0 Å². The van der Waals surface area contributed by atoms with E-state index in [1.807, 2.05) is 6.92 Å². The van der Waals surface area contributed by atoms with Crippen LogP contribution in [0.3, 0.4) is 0 Å². The fourth-order valence-electron chi connectivity index (χ4n) is 2.19. The zero-order valence-electron chi connectivity index (χ0n) is 9.62. The minimum atomic E-state index is -0.365. The SMILES string of the molecule is CC1OCCC1NCCC1(C)OCCO1. The fourth-order valence-corrected chi connectivity index (χ4v) is 2.19. The lowest BCUT2D eigenvalue weighted by molar-refractivity contribution is -0.145. The van der Waals surface area contributed by atoms with Crippen LogP contribution in [0.1, 0.15) is 26.7 Å². The van der Waals surface area contributed by atoms with E-state index >= 15 is 0 Å². The van der Waals surface area contributed by atoms with Crippen molar-refractivity contribution in [1.82, 2.24) is 5.32 Å². The lowest BCUT2D eigenvalue weighted by atomic mass is 10.1. The maximum absolute atomic E-state index is 5.54. The van der Waals surface area contributed by atoms with Gasteiger partial charge in [-0.2, -0.15) is 0 Å². The molecule has 0 aliphatic carbocycles. The molecule has 0 radical (unpaired) electrons. The molecular formula is C11H21NO3. The summed E-state index contributed by atoms with van der Waals surface area (Å²) in [4.78, 5) is 0. The third-order valence-electron chi connectivity index (χ3n) is 3.26. The first-order valence-corrected chi connectivity index (χ1v) is 5.82. The second-order valence-corrected chi connectivity index (χ2v) is 4.51. The molecule has 2 aliphatic heterocycles. The molecule has 2 rings (SSSR count). The van der Waals surface area contributed by atoms with E-state index in [1.54, 1.807) is 0 Å². The fraction of sp³-hybridized carbons (Fsp3) is 1.00. The lowest BCUT2D eigenvalue weighted by Crippen LogP contribution is -2.39. The van der Waals surface area contributed by atoms with Crippen molar-refractivity contribution in [2.75, 3.05) is 26.4 Å². The Morgan fingerprint density at radius 1 is 1.27 bits per heavy atom. The van der Waals surface area contributed by atoms with Crippen molar-refractivity contribution in [2.24, 2.45) is 0 Å². The van der Waals surface area contributed by atoms with Gasteiger partial charge < -0.3 is 19.5 Å². The summed E-state index contributed by atoms with van der Waals surface area (Å²) in [6.45, 7) is 7.38. The van der Waals surface area contributed by atoms with Gasteiger partial charge in [0, 0.05) is 25.6 Å². The van der Waals surface area contributed by atoms with Crippen LogP contribution >= 0.6 is 0 Å². The van der Waals surface area contributed by atoms with Gasteiger partial charge in [0.15, 0.2) is 5.79 Å². The van der Waals surface area contributed by atoms with Crippen molar-refractivity contribution >= 4 is 0 Å². The summed E-state index contributed by atoms with van der Waals surface area (Å²) in [5.74, 6) is -0.365. The Bertz CT molecular complexity index is 204. The molecule has 2 unspecified atom stereocenters. The van der Waals surface area contributed by atoms with Gasteiger partial charge in [0.2, 0.25) is 0 Å². The van der Waals surface area contributed by atoms with Crippen LogP contribution in [-0.2, 0) is 14.2 Å². The van der Waals surface area contributed by atoms with E-state index in [0.29, 0.717) is 12.1 Å². The summed E-state index contributed by atoms with van der Waals surface area (Å²) in [5.41, 5.74) is 0. The summed E-state index contributed by atoms with van der Waals surface area (Å²) in [5, 5.41) is 3.50. The molecule has 0 bridgehead atoms. The Kier molecular flexibility index (Phi) is 3.61. The molecule has 88 valence electrons. The van der Waals surface area contributed by atoms with Gasteiger partial charge in [-0.15, -0.1) is 0 Å². The molecule has 0 spiro atoms.